The second-order valence-electron chi connectivity index (χ2n) is 5.72. The van der Waals surface area contributed by atoms with Gasteiger partial charge in [-0.15, -0.1) is 0 Å². The summed E-state index contributed by atoms with van der Waals surface area (Å²) in [7, 11) is 0. The van der Waals surface area contributed by atoms with Crippen LogP contribution >= 0.6 is 0 Å². The van der Waals surface area contributed by atoms with Crippen molar-refractivity contribution in [2.75, 3.05) is 13.2 Å². The first-order valence-corrected chi connectivity index (χ1v) is 7.00. The maximum absolute atomic E-state index is 10.6. The molecule has 104 valence electrons. The van der Waals surface area contributed by atoms with E-state index >= 15 is 0 Å². The third-order valence-corrected chi connectivity index (χ3v) is 4.30. The predicted octanol–water partition coefficient (Wildman–Crippen LogP) is -0.0916. The van der Waals surface area contributed by atoms with Crippen molar-refractivity contribution in [3.05, 3.63) is 18.5 Å². The van der Waals surface area contributed by atoms with Gasteiger partial charge in [-0.25, -0.2) is 0 Å². The molecule has 3 aliphatic rings. The molecular weight excluding hydrogens is 246 g/mol. The fraction of sp³-hybridized carbons (Fsp3) is 0.769. The minimum absolute atomic E-state index is 0.0504. The summed E-state index contributed by atoms with van der Waals surface area (Å²) in [6.45, 7) is 1.50. The van der Waals surface area contributed by atoms with Crippen LogP contribution in [0.15, 0.2) is 18.5 Å². The molecule has 0 amide bonds. The van der Waals surface area contributed by atoms with Crippen LogP contribution in [0.25, 0.3) is 0 Å². The van der Waals surface area contributed by atoms with Crippen LogP contribution in [-0.4, -0.2) is 52.6 Å². The minimum Gasteiger partial charge on any atom is -0.389 e. The Bertz CT molecular complexity index is 434. The van der Waals surface area contributed by atoms with E-state index in [9.17, 15) is 5.11 Å². The molecule has 1 aromatic rings. The Morgan fingerprint density at radius 1 is 1.42 bits per heavy atom. The van der Waals surface area contributed by atoms with Crippen LogP contribution in [0.2, 0.25) is 0 Å². The van der Waals surface area contributed by atoms with E-state index in [0.717, 1.165) is 12.5 Å². The lowest BCUT2D eigenvalue weighted by molar-refractivity contribution is -0.168. The zero-order chi connectivity index (χ0) is 12.8. The summed E-state index contributed by atoms with van der Waals surface area (Å²) in [4.78, 5) is 0. The zero-order valence-electron chi connectivity index (χ0n) is 10.7. The number of fused-ring (bicyclic) bond motifs is 2. The van der Waals surface area contributed by atoms with Crippen LogP contribution in [0.3, 0.4) is 0 Å². The van der Waals surface area contributed by atoms with Crippen molar-refractivity contribution in [3.63, 3.8) is 0 Å². The summed E-state index contributed by atoms with van der Waals surface area (Å²) < 4.78 is 13.3. The summed E-state index contributed by atoms with van der Waals surface area (Å²) in [6, 6.07) is 1.50. The van der Waals surface area contributed by atoms with Crippen LogP contribution < -0.4 is 5.32 Å². The molecule has 2 saturated heterocycles. The van der Waals surface area contributed by atoms with E-state index in [2.05, 4.69) is 10.4 Å². The average Bonchev–Trinajstić information content (AvgIpc) is 2.90. The molecule has 3 fully saturated rings. The summed E-state index contributed by atoms with van der Waals surface area (Å²) in [5, 5.41) is 18.3. The Balaban J connectivity index is 1.54. The summed E-state index contributed by atoms with van der Waals surface area (Å²) in [5.41, 5.74) is 0. The molecule has 1 saturated carbocycles. The van der Waals surface area contributed by atoms with Crippen molar-refractivity contribution in [1.82, 2.24) is 15.1 Å². The maximum atomic E-state index is 10.6. The zero-order valence-corrected chi connectivity index (χ0v) is 10.7. The summed E-state index contributed by atoms with van der Waals surface area (Å²) in [6.07, 6.45) is 5.17. The van der Waals surface area contributed by atoms with Gasteiger partial charge in [0.25, 0.3) is 0 Å². The van der Waals surface area contributed by atoms with Crippen molar-refractivity contribution < 1.29 is 14.6 Å². The quantitative estimate of drug-likeness (QED) is 0.796. The summed E-state index contributed by atoms with van der Waals surface area (Å²) >= 11 is 0. The van der Waals surface area contributed by atoms with Crippen molar-refractivity contribution in [2.24, 2.45) is 5.92 Å². The molecule has 0 radical (unpaired) electrons. The fourth-order valence-corrected chi connectivity index (χ4v) is 3.02. The lowest BCUT2D eigenvalue weighted by Crippen LogP contribution is -2.58. The van der Waals surface area contributed by atoms with Gasteiger partial charge in [0.05, 0.1) is 18.8 Å². The van der Waals surface area contributed by atoms with Gasteiger partial charge in [-0.3, -0.25) is 4.68 Å². The van der Waals surface area contributed by atoms with Crippen molar-refractivity contribution in [3.8, 4) is 0 Å². The molecule has 1 aliphatic carbocycles. The van der Waals surface area contributed by atoms with Gasteiger partial charge in [-0.05, 0) is 31.4 Å². The van der Waals surface area contributed by atoms with Crippen molar-refractivity contribution >= 4 is 0 Å². The van der Waals surface area contributed by atoms with Gasteiger partial charge in [-0.2, -0.15) is 5.10 Å². The van der Waals surface area contributed by atoms with Crippen molar-refractivity contribution in [1.29, 1.82) is 0 Å². The monoisotopic (exact) mass is 265 g/mol. The number of aromatic nitrogens is 2. The standard InChI is InChI=1S/C13H19N3O3/c17-12-10(14-6-8-2-3-8)9-7-18-13(19-9)11(12)16-5-1-4-15-16/h1,4-5,8-14,17H,2-3,6-7H2. The third-order valence-electron chi connectivity index (χ3n) is 4.30. The van der Waals surface area contributed by atoms with E-state index in [4.69, 9.17) is 9.47 Å². The number of nitrogens with zero attached hydrogens (tertiary/aromatic N) is 2. The SMILES string of the molecule is OC1C(NCC2CC2)C2COC(O2)C1n1cccn1. The van der Waals surface area contributed by atoms with Gasteiger partial charge in [0.1, 0.15) is 12.1 Å². The molecule has 6 heteroatoms. The van der Waals surface area contributed by atoms with Crippen LogP contribution in [0.1, 0.15) is 18.9 Å². The first kappa shape index (κ1) is 11.8. The maximum Gasteiger partial charge on any atom is 0.183 e. The average molecular weight is 265 g/mol. The van der Waals surface area contributed by atoms with E-state index in [0.29, 0.717) is 6.61 Å². The lowest BCUT2D eigenvalue weighted by Gasteiger charge is -2.38. The number of ether oxygens (including phenoxy) is 2. The van der Waals surface area contributed by atoms with Crippen LogP contribution in [0, 0.1) is 5.92 Å². The van der Waals surface area contributed by atoms with Gasteiger partial charge in [0.2, 0.25) is 0 Å². The fourth-order valence-electron chi connectivity index (χ4n) is 3.02. The molecule has 2 N–H and O–H groups in total. The van der Waals surface area contributed by atoms with E-state index in [1.54, 1.807) is 10.9 Å². The Morgan fingerprint density at radius 3 is 3.05 bits per heavy atom. The van der Waals surface area contributed by atoms with E-state index in [1.807, 2.05) is 12.3 Å². The highest BCUT2D eigenvalue weighted by atomic mass is 16.7. The third kappa shape index (κ3) is 2.08. The number of rotatable bonds is 4. The van der Waals surface area contributed by atoms with Gasteiger partial charge < -0.3 is 19.9 Å². The highest BCUT2D eigenvalue weighted by Gasteiger charge is 2.51. The largest absolute Gasteiger partial charge is 0.389 e. The second kappa shape index (κ2) is 4.56. The van der Waals surface area contributed by atoms with Crippen molar-refractivity contribution in [2.45, 2.75) is 43.4 Å². The molecule has 6 nitrogen and oxygen atoms in total. The topological polar surface area (TPSA) is 68.5 Å². The molecule has 0 spiro atoms. The highest BCUT2D eigenvalue weighted by Crippen LogP contribution is 2.36. The smallest absolute Gasteiger partial charge is 0.183 e. The number of nitrogens with one attached hydrogen (secondary N) is 1. The molecule has 2 bridgehead atoms. The first-order valence-electron chi connectivity index (χ1n) is 7.00. The number of aliphatic hydroxyl groups is 1. The van der Waals surface area contributed by atoms with Gasteiger partial charge in [0.15, 0.2) is 6.29 Å². The van der Waals surface area contributed by atoms with Crippen LogP contribution in [0.4, 0.5) is 0 Å². The van der Waals surface area contributed by atoms with Gasteiger partial charge >= 0.3 is 0 Å². The molecule has 19 heavy (non-hydrogen) atoms. The van der Waals surface area contributed by atoms with E-state index in [1.165, 1.54) is 12.8 Å². The molecule has 3 heterocycles. The Labute approximate surface area is 111 Å². The van der Waals surface area contributed by atoms with Gasteiger partial charge in [0, 0.05) is 12.4 Å². The molecular formula is C13H19N3O3. The number of aliphatic hydroxyl groups excluding tert-OH is 1. The molecule has 5 unspecified atom stereocenters. The van der Waals surface area contributed by atoms with Crippen LogP contribution in [0.5, 0.6) is 0 Å². The summed E-state index contributed by atoms with van der Waals surface area (Å²) in [5.74, 6) is 0.774. The van der Waals surface area contributed by atoms with E-state index < -0.39 is 6.10 Å². The molecule has 0 aromatic carbocycles. The minimum atomic E-state index is -0.537. The molecule has 2 aliphatic heterocycles. The molecule has 1 aromatic heterocycles. The lowest BCUT2D eigenvalue weighted by atomic mass is 9.96. The molecule has 4 rings (SSSR count). The van der Waals surface area contributed by atoms with Crippen LogP contribution in [-0.2, 0) is 9.47 Å². The normalized spacial score (nSPS) is 41.6. The predicted molar refractivity (Wildman–Crippen MR) is 66.4 cm³/mol. The number of hydrogen-bond donors (Lipinski definition) is 2. The molecule has 5 atom stereocenters. The Hall–Kier alpha value is -0.950. The second-order valence-corrected chi connectivity index (χ2v) is 5.72. The first-order chi connectivity index (χ1) is 9.33. The van der Waals surface area contributed by atoms with E-state index in [-0.39, 0.29) is 24.5 Å². The Morgan fingerprint density at radius 2 is 2.32 bits per heavy atom. The highest BCUT2D eigenvalue weighted by molar-refractivity contribution is 5.01. The van der Waals surface area contributed by atoms with Gasteiger partial charge in [-0.1, -0.05) is 0 Å². The Kier molecular flexibility index (Phi) is 2.84. The number of hydrogen-bond acceptors (Lipinski definition) is 5.